The Kier molecular flexibility index (Phi) is 3.35. The zero-order valence-electron chi connectivity index (χ0n) is 11.4. The lowest BCUT2D eigenvalue weighted by molar-refractivity contribution is -0.133. The number of nitrogens with one attached hydrogen (secondary N) is 1. The summed E-state index contributed by atoms with van der Waals surface area (Å²) in [5, 5.41) is 14.1. The second-order valence-electron chi connectivity index (χ2n) is 4.99. The van der Waals surface area contributed by atoms with Crippen molar-refractivity contribution >= 4 is 23.2 Å². The van der Waals surface area contributed by atoms with E-state index in [-0.39, 0.29) is 6.42 Å². The Hall–Kier alpha value is -2.04. The van der Waals surface area contributed by atoms with Crippen LogP contribution < -0.4 is 10.1 Å². The van der Waals surface area contributed by atoms with E-state index < -0.39 is 11.5 Å². The van der Waals surface area contributed by atoms with Gasteiger partial charge in [0.15, 0.2) is 5.60 Å². The molecule has 1 amide bonds. The number of anilines is 1. The molecule has 3 rings (SSSR count). The highest BCUT2D eigenvalue weighted by atomic mass is 35.5. The molecule has 21 heavy (non-hydrogen) atoms. The van der Waals surface area contributed by atoms with Crippen molar-refractivity contribution in [2.75, 3.05) is 12.4 Å². The summed E-state index contributed by atoms with van der Waals surface area (Å²) >= 11 is 6.00. The fourth-order valence-electron chi connectivity index (χ4n) is 2.64. The molecule has 1 aliphatic rings. The molecule has 2 aromatic rings. The highest BCUT2D eigenvalue weighted by molar-refractivity contribution is 6.30. The molecule has 108 valence electrons. The Labute approximate surface area is 127 Å². The Balaban J connectivity index is 2.05. The minimum absolute atomic E-state index is 0.0968. The molecule has 0 bridgehead atoms. The molecule has 0 saturated carbocycles. The SMILES string of the molecule is COc1ccc(Cl)cc1CC1(O)C(=O)Nc2ccccc21. The zero-order chi connectivity index (χ0) is 15.0. The number of methoxy groups -OCH3 is 1. The highest BCUT2D eigenvalue weighted by Gasteiger charge is 2.45. The number of carbonyl (C=O) groups excluding carboxylic acids is 1. The zero-order valence-corrected chi connectivity index (χ0v) is 12.1. The van der Waals surface area contributed by atoms with Gasteiger partial charge in [0.2, 0.25) is 0 Å². The number of carbonyl (C=O) groups is 1. The van der Waals surface area contributed by atoms with E-state index in [1.165, 1.54) is 0 Å². The van der Waals surface area contributed by atoms with Gasteiger partial charge < -0.3 is 15.2 Å². The minimum atomic E-state index is -1.62. The van der Waals surface area contributed by atoms with Gasteiger partial charge in [-0.15, -0.1) is 0 Å². The van der Waals surface area contributed by atoms with Crippen molar-refractivity contribution < 1.29 is 14.6 Å². The van der Waals surface area contributed by atoms with Crippen LogP contribution in [0.25, 0.3) is 0 Å². The van der Waals surface area contributed by atoms with Crippen LogP contribution in [0.4, 0.5) is 5.69 Å². The Morgan fingerprint density at radius 2 is 2.05 bits per heavy atom. The molecule has 2 aromatic carbocycles. The standard InChI is InChI=1S/C16H14ClNO3/c1-21-14-7-6-11(17)8-10(14)9-16(20)12-4-2-3-5-13(12)18-15(16)19/h2-8,20H,9H2,1H3,(H,18,19). The van der Waals surface area contributed by atoms with Crippen molar-refractivity contribution in [3.8, 4) is 5.75 Å². The van der Waals surface area contributed by atoms with E-state index in [9.17, 15) is 9.90 Å². The number of amides is 1. The third-order valence-electron chi connectivity index (χ3n) is 3.69. The van der Waals surface area contributed by atoms with E-state index >= 15 is 0 Å². The van der Waals surface area contributed by atoms with Crippen molar-refractivity contribution in [1.29, 1.82) is 0 Å². The van der Waals surface area contributed by atoms with E-state index in [0.29, 0.717) is 27.6 Å². The van der Waals surface area contributed by atoms with E-state index in [4.69, 9.17) is 16.3 Å². The summed E-state index contributed by atoms with van der Waals surface area (Å²) in [6.45, 7) is 0. The number of fused-ring (bicyclic) bond motifs is 1. The van der Waals surface area contributed by atoms with E-state index in [0.717, 1.165) is 0 Å². The fourth-order valence-corrected chi connectivity index (χ4v) is 2.83. The maximum atomic E-state index is 12.2. The quantitative estimate of drug-likeness (QED) is 0.916. The van der Waals surface area contributed by atoms with Crippen LogP contribution in [0.5, 0.6) is 5.75 Å². The summed E-state index contributed by atoms with van der Waals surface area (Å²) in [4.78, 5) is 12.2. The first-order valence-electron chi connectivity index (χ1n) is 6.50. The maximum Gasteiger partial charge on any atom is 0.261 e. The average Bonchev–Trinajstić information content (AvgIpc) is 2.71. The van der Waals surface area contributed by atoms with Gasteiger partial charge in [-0.2, -0.15) is 0 Å². The lowest BCUT2D eigenvalue weighted by Gasteiger charge is -2.22. The first-order valence-corrected chi connectivity index (χ1v) is 6.88. The van der Waals surface area contributed by atoms with Gasteiger partial charge in [-0.1, -0.05) is 29.8 Å². The molecule has 0 spiro atoms. The number of rotatable bonds is 3. The van der Waals surface area contributed by atoms with Crippen molar-refractivity contribution in [3.63, 3.8) is 0 Å². The minimum Gasteiger partial charge on any atom is -0.496 e. The first kappa shape index (κ1) is 13.9. The summed E-state index contributed by atoms with van der Waals surface area (Å²) in [6.07, 6.45) is 0.0968. The molecule has 0 aromatic heterocycles. The molecule has 2 N–H and O–H groups in total. The van der Waals surface area contributed by atoms with Crippen molar-refractivity contribution in [2.24, 2.45) is 0 Å². The molecule has 1 aliphatic heterocycles. The van der Waals surface area contributed by atoms with Crippen LogP contribution in [0.1, 0.15) is 11.1 Å². The Morgan fingerprint density at radius 1 is 1.29 bits per heavy atom. The van der Waals surface area contributed by atoms with Crippen LogP contribution in [0.2, 0.25) is 5.02 Å². The van der Waals surface area contributed by atoms with Gasteiger partial charge in [0, 0.05) is 22.7 Å². The molecular weight excluding hydrogens is 290 g/mol. The third-order valence-corrected chi connectivity index (χ3v) is 3.92. The normalized spacial score (nSPS) is 20.0. The lowest BCUT2D eigenvalue weighted by Crippen LogP contribution is -2.36. The van der Waals surface area contributed by atoms with Crippen LogP contribution in [0.15, 0.2) is 42.5 Å². The summed E-state index contributed by atoms with van der Waals surface area (Å²) in [7, 11) is 1.54. The van der Waals surface area contributed by atoms with Gasteiger partial charge in [-0.3, -0.25) is 4.79 Å². The van der Waals surface area contributed by atoms with Crippen LogP contribution in [0.3, 0.4) is 0 Å². The fraction of sp³-hybridized carbons (Fsp3) is 0.188. The van der Waals surface area contributed by atoms with Crippen LogP contribution in [-0.2, 0) is 16.8 Å². The van der Waals surface area contributed by atoms with Gasteiger partial charge in [-0.05, 0) is 29.8 Å². The van der Waals surface area contributed by atoms with Gasteiger partial charge >= 0.3 is 0 Å². The number of benzene rings is 2. The molecule has 1 heterocycles. The molecule has 5 heteroatoms. The van der Waals surface area contributed by atoms with Gasteiger partial charge in [-0.25, -0.2) is 0 Å². The highest BCUT2D eigenvalue weighted by Crippen LogP contribution is 2.39. The van der Waals surface area contributed by atoms with E-state index in [1.807, 2.05) is 6.07 Å². The Morgan fingerprint density at radius 3 is 2.81 bits per heavy atom. The van der Waals surface area contributed by atoms with E-state index in [1.54, 1.807) is 43.5 Å². The number of hydrogen-bond donors (Lipinski definition) is 2. The van der Waals surface area contributed by atoms with Crippen molar-refractivity contribution in [3.05, 3.63) is 58.6 Å². The number of aliphatic hydroxyl groups is 1. The number of para-hydroxylation sites is 1. The monoisotopic (exact) mass is 303 g/mol. The molecule has 0 radical (unpaired) electrons. The summed E-state index contributed by atoms with van der Waals surface area (Å²) in [5.41, 5.74) is 0.261. The second kappa shape index (κ2) is 5.06. The molecule has 1 unspecified atom stereocenters. The summed E-state index contributed by atoms with van der Waals surface area (Å²) < 4.78 is 5.28. The summed E-state index contributed by atoms with van der Waals surface area (Å²) in [5.74, 6) is 0.149. The predicted molar refractivity (Wildman–Crippen MR) is 80.7 cm³/mol. The molecule has 0 aliphatic carbocycles. The lowest BCUT2D eigenvalue weighted by atomic mass is 9.88. The number of hydrogen-bond acceptors (Lipinski definition) is 3. The van der Waals surface area contributed by atoms with Gasteiger partial charge in [0.25, 0.3) is 5.91 Å². The van der Waals surface area contributed by atoms with Gasteiger partial charge in [0.1, 0.15) is 5.75 Å². The number of halogens is 1. The Bertz CT molecular complexity index is 716. The van der Waals surface area contributed by atoms with E-state index in [2.05, 4.69) is 5.32 Å². The van der Waals surface area contributed by atoms with Crippen molar-refractivity contribution in [1.82, 2.24) is 0 Å². The van der Waals surface area contributed by atoms with Crippen LogP contribution >= 0.6 is 11.6 Å². The predicted octanol–water partition coefficient (Wildman–Crippen LogP) is 2.73. The maximum absolute atomic E-state index is 12.2. The first-order chi connectivity index (χ1) is 10.0. The second-order valence-corrected chi connectivity index (χ2v) is 5.43. The molecular formula is C16H14ClNO3. The molecule has 0 saturated heterocycles. The van der Waals surface area contributed by atoms with Gasteiger partial charge in [0.05, 0.1) is 7.11 Å². The molecule has 0 fully saturated rings. The molecule has 1 atom stereocenters. The van der Waals surface area contributed by atoms with Crippen LogP contribution in [0, 0.1) is 0 Å². The smallest absolute Gasteiger partial charge is 0.261 e. The largest absolute Gasteiger partial charge is 0.496 e. The number of ether oxygens (including phenoxy) is 1. The topological polar surface area (TPSA) is 58.6 Å². The van der Waals surface area contributed by atoms with Crippen LogP contribution in [-0.4, -0.2) is 18.1 Å². The summed E-state index contributed by atoms with van der Waals surface area (Å²) in [6, 6.07) is 12.2. The van der Waals surface area contributed by atoms with Crippen molar-refractivity contribution in [2.45, 2.75) is 12.0 Å². The average molecular weight is 304 g/mol. The molecule has 4 nitrogen and oxygen atoms in total. The third kappa shape index (κ3) is 2.26.